The summed E-state index contributed by atoms with van der Waals surface area (Å²) in [6.45, 7) is 1.92. The van der Waals surface area contributed by atoms with Gasteiger partial charge in [0, 0.05) is 18.8 Å². The van der Waals surface area contributed by atoms with Crippen LogP contribution in [0.15, 0.2) is 18.2 Å². The molecule has 80 valence electrons. The molecule has 1 saturated heterocycles. The zero-order valence-corrected chi connectivity index (χ0v) is 8.93. The highest BCUT2D eigenvalue weighted by Gasteiger charge is 2.16. The van der Waals surface area contributed by atoms with E-state index in [4.69, 9.17) is 11.6 Å². The van der Waals surface area contributed by atoms with Crippen LogP contribution in [0.1, 0.15) is 23.2 Å². The van der Waals surface area contributed by atoms with E-state index in [0.29, 0.717) is 0 Å². The summed E-state index contributed by atoms with van der Waals surface area (Å²) < 4.78 is 13.2. The Hall–Kier alpha value is -1.09. The van der Waals surface area contributed by atoms with Gasteiger partial charge in [-0.2, -0.15) is 0 Å². The third-order valence-electron chi connectivity index (χ3n) is 2.63. The summed E-state index contributed by atoms with van der Waals surface area (Å²) in [5.41, 5.74) is 0.832. The molecular weight excluding hydrogens is 217 g/mol. The summed E-state index contributed by atoms with van der Waals surface area (Å²) in [7, 11) is 0. The second-order valence-electron chi connectivity index (χ2n) is 3.63. The Balaban J connectivity index is 2.33. The van der Waals surface area contributed by atoms with E-state index in [1.165, 1.54) is 12.1 Å². The highest BCUT2D eigenvalue weighted by molar-refractivity contribution is 6.67. The number of hydrogen-bond acceptors (Lipinski definition) is 2. The minimum absolute atomic E-state index is 0.0407. The van der Waals surface area contributed by atoms with Crippen molar-refractivity contribution in [2.75, 3.05) is 18.0 Å². The highest BCUT2D eigenvalue weighted by atomic mass is 35.5. The van der Waals surface area contributed by atoms with Crippen LogP contribution >= 0.6 is 11.6 Å². The van der Waals surface area contributed by atoms with Crippen LogP contribution < -0.4 is 4.90 Å². The third kappa shape index (κ3) is 2.12. The van der Waals surface area contributed by atoms with Crippen LogP contribution in [0.4, 0.5) is 10.1 Å². The van der Waals surface area contributed by atoms with Gasteiger partial charge in [0.25, 0.3) is 5.24 Å². The maximum absolute atomic E-state index is 13.2. The number of benzene rings is 1. The monoisotopic (exact) mass is 227 g/mol. The van der Waals surface area contributed by atoms with E-state index < -0.39 is 11.1 Å². The van der Waals surface area contributed by atoms with E-state index in [-0.39, 0.29) is 5.56 Å². The number of hydrogen-bond donors (Lipinski definition) is 0. The van der Waals surface area contributed by atoms with Gasteiger partial charge < -0.3 is 4.90 Å². The average molecular weight is 228 g/mol. The number of carbonyl (C=O) groups is 1. The standard InChI is InChI=1S/C11H11ClFNO/c12-11(15)9-7-8(3-4-10(9)13)14-5-1-2-6-14/h3-4,7H,1-2,5-6H2. The lowest BCUT2D eigenvalue weighted by atomic mass is 10.2. The molecule has 0 atom stereocenters. The molecule has 1 aromatic carbocycles. The molecule has 0 aliphatic carbocycles. The molecule has 0 bridgehead atoms. The lowest BCUT2D eigenvalue weighted by molar-refractivity contribution is 0.107. The number of anilines is 1. The molecule has 0 aromatic heterocycles. The Kier molecular flexibility index (Phi) is 2.91. The fraction of sp³-hybridized carbons (Fsp3) is 0.364. The van der Waals surface area contributed by atoms with Crippen molar-refractivity contribution >= 4 is 22.5 Å². The predicted octanol–water partition coefficient (Wildman–Crippen LogP) is 2.80. The molecule has 0 amide bonds. The van der Waals surface area contributed by atoms with E-state index in [2.05, 4.69) is 4.90 Å². The first-order chi connectivity index (χ1) is 7.18. The smallest absolute Gasteiger partial charge is 0.255 e. The molecule has 2 nitrogen and oxygen atoms in total. The van der Waals surface area contributed by atoms with Crippen LogP contribution in [0.5, 0.6) is 0 Å². The van der Waals surface area contributed by atoms with Gasteiger partial charge >= 0.3 is 0 Å². The first-order valence-electron chi connectivity index (χ1n) is 4.93. The minimum Gasteiger partial charge on any atom is -0.372 e. The summed E-state index contributed by atoms with van der Waals surface area (Å²) in [6, 6.07) is 4.50. The Morgan fingerprint density at radius 1 is 1.33 bits per heavy atom. The summed E-state index contributed by atoms with van der Waals surface area (Å²) in [4.78, 5) is 13.1. The number of nitrogens with zero attached hydrogens (tertiary/aromatic N) is 1. The van der Waals surface area contributed by atoms with Crippen LogP contribution in [0.2, 0.25) is 0 Å². The quantitative estimate of drug-likeness (QED) is 0.725. The van der Waals surface area contributed by atoms with Crippen LogP contribution in [-0.2, 0) is 0 Å². The SMILES string of the molecule is O=C(Cl)c1cc(N2CCCC2)ccc1F. The number of carbonyl (C=O) groups excluding carboxylic acids is 1. The second kappa shape index (κ2) is 4.19. The molecule has 1 aliphatic rings. The number of rotatable bonds is 2. The third-order valence-corrected chi connectivity index (χ3v) is 2.84. The Morgan fingerprint density at radius 2 is 2.00 bits per heavy atom. The zero-order chi connectivity index (χ0) is 10.8. The van der Waals surface area contributed by atoms with Crippen molar-refractivity contribution < 1.29 is 9.18 Å². The van der Waals surface area contributed by atoms with Crippen LogP contribution in [-0.4, -0.2) is 18.3 Å². The molecule has 4 heteroatoms. The van der Waals surface area contributed by atoms with Gasteiger partial charge in [0.15, 0.2) is 0 Å². The molecule has 1 aliphatic heterocycles. The van der Waals surface area contributed by atoms with E-state index >= 15 is 0 Å². The normalized spacial score (nSPS) is 15.7. The van der Waals surface area contributed by atoms with E-state index in [0.717, 1.165) is 31.6 Å². The fourth-order valence-electron chi connectivity index (χ4n) is 1.84. The summed E-state index contributed by atoms with van der Waals surface area (Å²) in [5.74, 6) is -0.557. The molecule has 1 heterocycles. The minimum atomic E-state index is -0.742. The molecule has 0 radical (unpaired) electrons. The zero-order valence-electron chi connectivity index (χ0n) is 8.17. The molecule has 15 heavy (non-hydrogen) atoms. The van der Waals surface area contributed by atoms with Crippen LogP contribution in [0.25, 0.3) is 0 Å². The highest BCUT2D eigenvalue weighted by Crippen LogP contribution is 2.23. The van der Waals surface area contributed by atoms with Gasteiger partial charge in [0.2, 0.25) is 0 Å². The lowest BCUT2D eigenvalue weighted by Crippen LogP contribution is -2.18. The van der Waals surface area contributed by atoms with Crippen LogP contribution in [0, 0.1) is 5.82 Å². The molecule has 0 unspecified atom stereocenters. The van der Waals surface area contributed by atoms with Crippen molar-refractivity contribution in [3.63, 3.8) is 0 Å². The Morgan fingerprint density at radius 3 is 2.60 bits per heavy atom. The Bertz CT molecular complexity index is 388. The van der Waals surface area contributed by atoms with Gasteiger partial charge in [-0.15, -0.1) is 0 Å². The van der Waals surface area contributed by atoms with Gasteiger partial charge in [-0.1, -0.05) is 0 Å². The topological polar surface area (TPSA) is 20.3 Å². The molecule has 0 N–H and O–H groups in total. The maximum Gasteiger partial charge on any atom is 0.255 e. The molecule has 2 rings (SSSR count). The Labute approximate surface area is 92.6 Å². The van der Waals surface area contributed by atoms with Crippen molar-refractivity contribution in [1.82, 2.24) is 0 Å². The second-order valence-corrected chi connectivity index (χ2v) is 3.98. The average Bonchev–Trinajstić information content (AvgIpc) is 2.71. The summed E-state index contributed by atoms with van der Waals surface area (Å²) in [6.07, 6.45) is 2.28. The van der Waals surface area contributed by atoms with Gasteiger partial charge in [-0.25, -0.2) is 4.39 Å². The van der Waals surface area contributed by atoms with Crippen molar-refractivity contribution in [3.05, 3.63) is 29.6 Å². The molecule has 1 aromatic rings. The molecule has 1 fully saturated rings. The molecular formula is C11H11ClFNO. The lowest BCUT2D eigenvalue weighted by Gasteiger charge is -2.17. The summed E-state index contributed by atoms with van der Waals surface area (Å²) in [5, 5.41) is -0.742. The predicted molar refractivity (Wildman–Crippen MR) is 58.0 cm³/mol. The van der Waals surface area contributed by atoms with Gasteiger partial charge in [0.1, 0.15) is 5.82 Å². The summed E-state index contributed by atoms with van der Waals surface area (Å²) >= 11 is 5.29. The largest absolute Gasteiger partial charge is 0.372 e. The van der Waals surface area contributed by atoms with Gasteiger partial charge in [-0.05, 0) is 42.6 Å². The van der Waals surface area contributed by atoms with E-state index in [9.17, 15) is 9.18 Å². The van der Waals surface area contributed by atoms with E-state index in [1.807, 2.05) is 0 Å². The van der Waals surface area contributed by atoms with Gasteiger partial charge in [-0.3, -0.25) is 4.79 Å². The van der Waals surface area contributed by atoms with E-state index in [1.54, 1.807) is 6.07 Å². The first kappa shape index (κ1) is 10.4. The van der Waals surface area contributed by atoms with Crippen molar-refractivity contribution in [1.29, 1.82) is 0 Å². The van der Waals surface area contributed by atoms with Crippen LogP contribution in [0.3, 0.4) is 0 Å². The molecule has 0 saturated carbocycles. The van der Waals surface area contributed by atoms with Crippen molar-refractivity contribution in [3.8, 4) is 0 Å². The fourth-order valence-corrected chi connectivity index (χ4v) is 1.98. The van der Waals surface area contributed by atoms with Crippen molar-refractivity contribution in [2.45, 2.75) is 12.8 Å². The number of halogens is 2. The first-order valence-corrected chi connectivity index (χ1v) is 5.30. The van der Waals surface area contributed by atoms with Gasteiger partial charge in [0.05, 0.1) is 5.56 Å². The molecule has 0 spiro atoms. The maximum atomic E-state index is 13.2. The van der Waals surface area contributed by atoms with Crippen molar-refractivity contribution in [2.24, 2.45) is 0 Å².